The van der Waals surface area contributed by atoms with Crippen molar-refractivity contribution in [1.29, 1.82) is 0 Å². The molecule has 0 heterocycles. The molecule has 72 valence electrons. The number of primary amides is 1. The summed E-state index contributed by atoms with van der Waals surface area (Å²) in [4.78, 5) is 10.7. The van der Waals surface area contributed by atoms with E-state index in [2.05, 4.69) is 6.92 Å². The fourth-order valence-electron chi connectivity index (χ4n) is 0.787. The normalized spacial score (nSPS) is 14.3. The lowest BCUT2D eigenvalue weighted by atomic mass is 10.1. The van der Waals surface area contributed by atoms with Crippen molar-refractivity contribution in [3.8, 4) is 0 Å². The SMILES string of the molecule is CCCSC(C)(C)C(O)C(N)=O. The van der Waals surface area contributed by atoms with Crippen LogP contribution in [0.1, 0.15) is 27.2 Å². The monoisotopic (exact) mass is 191 g/mol. The van der Waals surface area contributed by atoms with Gasteiger partial charge in [0.1, 0.15) is 6.10 Å². The average molecular weight is 191 g/mol. The first-order valence-electron chi connectivity index (χ1n) is 4.03. The van der Waals surface area contributed by atoms with Crippen LogP contribution in [0.2, 0.25) is 0 Å². The van der Waals surface area contributed by atoms with Crippen molar-refractivity contribution in [1.82, 2.24) is 0 Å². The summed E-state index contributed by atoms with van der Waals surface area (Å²) in [6.07, 6.45) is -0.0337. The van der Waals surface area contributed by atoms with Gasteiger partial charge in [0.15, 0.2) is 0 Å². The van der Waals surface area contributed by atoms with E-state index in [1.165, 1.54) is 0 Å². The number of aliphatic hydroxyl groups is 1. The van der Waals surface area contributed by atoms with Gasteiger partial charge in [0, 0.05) is 4.75 Å². The molecule has 0 spiro atoms. The second-order valence-corrected chi connectivity index (χ2v) is 5.01. The summed E-state index contributed by atoms with van der Waals surface area (Å²) in [5.41, 5.74) is 4.99. The Morgan fingerprint density at radius 2 is 2.17 bits per heavy atom. The Labute approximate surface area is 77.7 Å². The van der Waals surface area contributed by atoms with E-state index in [1.807, 2.05) is 13.8 Å². The first-order chi connectivity index (χ1) is 5.41. The average Bonchev–Trinajstić information content (AvgIpc) is 1.99. The second kappa shape index (κ2) is 4.72. The topological polar surface area (TPSA) is 63.3 Å². The molecule has 0 fully saturated rings. The number of rotatable bonds is 5. The molecule has 4 heteroatoms. The zero-order chi connectivity index (χ0) is 9.78. The van der Waals surface area contributed by atoms with E-state index in [9.17, 15) is 9.90 Å². The van der Waals surface area contributed by atoms with Crippen LogP contribution in [0.25, 0.3) is 0 Å². The highest BCUT2D eigenvalue weighted by molar-refractivity contribution is 8.00. The lowest BCUT2D eigenvalue weighted by Gasteiger charge is -2.27. The molecule has 0 bridgehead atoms. The number of aliphatic hydroxyl groups excluding tert-OH is 1. The molecular weight excluding hydrogens is 174 g/mol. The molecule has 0 aliphatic rings. The highest BCUT2D eigenvalue weighted by atomic mass is 32.2. The fraction of sp³-hybridized carbons (Fsp3) is 0.875. The van der Waals surface area contributed by atoms with Crippen LogP contribution >= 0.6 is 11.8 Å². The molecule has 3 nitrogen and oxygen atoms in total. The van der Waals surface area contributed by atoms with E-state index in [0.717, 1.165) is 12.2 Å². The molecule has 12 heavy (non-hydrogen) atoms. The minimum atomic E-state index is -1.06. The number of carbonyl (C=O) groups excluding carboxylic acids is 1. The molecule has 1 unspecified atom stereocenters. The number of hydrogen-bond acceptors (Lipinski definition) is 3. The van der Waals surface area contributed by atoms with E-state index < -0.39 is 16.8 Å². The van der Waals surface area contributed by atoms with Crippen LogP contribution in [-0.2, 0) is 4.79 Å². The van der Waals surface area contributed by atoms with Crippen molar-refractivity contribution in [2.24, 2.45) is 5.73 Å². The predicted octanol–water partition coefficient (Wildman–Crippen LogP) is 0.754. The van der Waals surface area contributed by atoms with Gasteiger partial charge in [-0.2, -0.15) is 11.8 Å². The lowest BCUT2D eigenvalue weighted by Crippen LogP contribution is -2.43. The Kier molecular flexibility index (Phi) is 4.63. The molecule has 0 aromatic rings. The number of thioether (sulfide) groups is 1. The van der Waals surface area contributed by atoms with Crippen molar-refractivity contribution in [2.45, 2.75) is 38.0 Å². The van der Waals surface area contributed by atoms with Gasteiger partial charge in [0.25, 0.3) is 0 Å². The minimum Gasteiger partial charge on any atom is -0.382 e. The molecule has 0 aliphatic carbocycles. The van der Waals surface area contributed by atoms with Crippen molar-refractivity contribution in [3.63, 3.8) is 0 Å². The van der Waals surface area contributed by atoms with Crippen molar-refractivity contribution in [2.75, 3.05) is 5.75 Å². The maximum absolute atomic E-state index is 10.7. The Balaban J connectivity index is 4.08. The molecule has 1 amide bonds. The molecule has 0 aromatic heterocycles. The Morgan fingerprint density at radius 3 is 2.50 bits per heavy atom. The van der Waals surface area contributed by atoms with Gasteiger partial charge < -0.3 is 10.8 Å². The Morgan fingerprint density at radius 1 is 1.67 bits per heavy atom. The van der Waals surface area contributed by atoms with Crippen LogP contribution in [0, 0.1) is 0 Å². The van der Waals surface area contributed by atoms with Gasteiger partial charge in [0.05, 0.1) is 0 Å². The third-order valence-electron chi connectivity index (χ3n) is 1.61. The largest absolute Gasteiger partial charge is 0.382 e. The van der Waals surface area contributed by atoms with Crippen LogP contribution < -0.4 is 5.73 Å². The number of carbonyl (C=O) groups is 1. The van der Waals surface area contributed by atoms with Gasteiger partial charge in [0.2, 0.25) is 5.91 Å². The number of amides is 1. The molecule has 0 saturated carbocycles. The summed E-state index contributed by atoms with van der Waals surface area (Å²) in [5.74, 6) is 0.278. The zero-order valence-corrected chi connectivity index (χ0v) is 8.65. The predicted molar refractivity (Wildman–Crippen MR) is 52.0 cm³/mol. The first-order valence-corrected chi connectivity index (χ1v) is 5.01. The summed E-state index contributed by atoms with van der Waals surface area (Å²) in [6, 6.07) is 0. The molecule has 0 saturated heterocycles. The highest BCUT2D eigenvalue weighted by Crippen LogP contribution is 2.28. The summed E-state index contributed by atoms with van der Waals surface area (Å²) >= 11 is 1.56. The second-order valence-electron chi connectivity index (χ2n) is 3.26. The summed E-state index contributed by atoms with van der Waals surface area (Å²) in [7, 11) is 0. The van der Waals surface area contributed by atoms with E-state index >= 15 is 0 Å². The molecule has 0 radical (unpaired) electrons. The Hall–Kier alpha value is -0.220. The van der Waals surface area contributed by atoms with E-state index in [1.54, 1.807) is 11.8 Å². The number of nitrogens with two attached hydrogens (primary N) is 1. The third-order valence-corrected chi connectivity index (χ3v) is 3.19. The highest BCUT2D eigenvalue weighted by Gasteiger charge is 2.31. The van der Waals surface area contributed by atoms with Crippen molar-refractivity contribution >= 4 is 17.7 Å². The van der Waals surface area contributed by atoms with Gasteiger partial charge in [-0.1, -0.05) is 6.92 Å². The maximum Gasteiger partial charge on any atom is 0.247 e. The smallest absolute Gasteiger partial charge is 0.247 e. The van der Waals surface area contributed by atoms with Crippen LogP contribution in [0.5, 0.6) is 0 Å². The quantitative estimate of drug-likeness (QED) is 0.674. The molecule has 0 aliphatic heterocycles. The maximum atomic E-state index is 10.7. The molecule has 0 rings (SSSR count). The standard InChI is InChI=1S/C8H17NO2S/c1-4-5-12-8(2,3)6(10)7(9)11/h6,10H,4-5H2,1-3H3,(H2,9,11). The van der Waals surface area contributed by atoms with Crippen LogP contribution in [0.15, 0.2) is 0 Å². The van der Waals surface area contributed by atoms with E-state index in [-0.39, 0.29) is 0 Å². The summed E-state index contributed by atoms with van der Waals surface area (Å²) in [5, 5.41) is 9.39. The zero-order valence-electron chi connectivity index (χ0n) is 7.83. The number of hydrogen-bond donors (Lipinski definition) is 2. The fourth-order valence-corrected chi connectivity index (χ4v) is 1.79. The van der Waals surface area contributed by atoms with Crippen LogP contribution in [0.3, 0.4) is 0 Å². The molecule has 1 atom stereocenters. The Bertz CT molecular complexity index is 159. The van der Waals surface area contributed by atoms with Crippen LogP contribution in [0.4, 0.5) is 0 Å². The van der Waals surface area contributed by atoms with Gasteiger partial charge in [-0.05, 0) is 26.0 Å². The first kappa shape index (κ1) is 11.8. The summed E-state index contributed by atoms with van der Waals surface area (Å²) in [6.45, 7) is 5.70. The van der Waals surface area contributed by atoms with Gasteiger partial charge in [-0.15, -0.1) is 0 Å². The van der Waals surface area contributed by atoms with Crippen molar-refractivity contribution in [3.05, 3.63) is 0 Å². The van der Waals surface area contributed by atoms with E-state index in [0.29, 0.717) is 0 Å². The minimum absolute atomic E-state index is 0.470. The summed E-state index contributed by atoms with van der Waals surface area (Å²) < 4.78 is -0.470. The van der Waals surface area contributed by atoms with Crippen LogP contribution in [-0.4, -0.2) is 27.6 Å². The van der Waals surface area contributed by atoms with Gasteiger partial charge in [-0.3, -0.25) is 4.79 Å². The molecule has 3 N–H and O–H groups in total. The lowest BCUT2D eigenvalue weighted by molar-refractivity contribution is -0.127. The van der Waals surface area contributed by atoms with Gasteiger partial charge >= 0.3 is 0 Å². The van der Waals surface area contributed by atoms with Gasteiger partial charge in [-0.25, -0.2) is 0 Å². The van der Waals surface area contributed by atoms with E-state index in [4.69, 9.17) is 5.73 Å². The molecule has 0 aromatic carbocycles. The van der Waals surface area contributed by atoms with Crippen molar-refractivity contribution < 1.29 is 9.90 Å². The third kappa shape index (κ3) is 3.45. The molecular formula is C8H17NO2S.